The summed E-state index contributed by atoms with van der Waals surface area (Å²) in [7, 11) is 4.32. The minimum absolute atomic E-state index is 1.01. The monoisotopic (exact) mass is 268 g/mol. The Hall–Kier alpha value is -1.96. The molecule has 0 fully saturated rings. The summed E-state index contributed by atoms with van der Waals surface area (Å²) in [6.07, 6.45) is 0. The Morgan fingerprint density at radius 3 is 1.35 bits per heavy atom. The number of aryl methyl sites for hydroxylation is 2. The van der Waals surface area contributed by atoms with Gasteiger partial charge in [-0.25, -0.2) is 0 Å². The first kappa shape index (κ1) is 14.4. The van der Waals surface area contributed by atoms with Gasteiger partial charge in [0, 0.05) is 38.6 Å². The van der Waals surface area contributed by atoms with E-state index in [0.717, 1.165) is 13.1 Å². The maximum absolute atomic E-state index is 2.32. The first-order valence-electron chi connectivity index (χ1n) is 7.13. The molecule has 0 aliphatic rings. The molecule has 0 radical (unpaired) electrons. The highest BCUT2D eigenvalue weighted by molar-refractivity contribution is 5.54. The fourth-order valence-corrected chi connectivity index (χ4v) is 2.52. The van der Waals surface area contributed by atoms with Crippen LogP contribution < -0.4 is 9.80 Å². The summed E-state index contributed by atoms with van der Waals surface area (Å²) in [5, 5.41) is 0. The van der Waals surface area contributed by atoms with Crippen LogP contribution in [0.2, 0.25) is 0 Å². The Bertz CT molecular complexity index is 511. The lowest BCUT2D eigenvalue weighted by Crippen LogP contribution is -2.31. The van der Waals surface area contributed by atoms with Crippen LogP contribution in [0.15, 0.2) is 48.5 Å². The van der Waals surface area contributed by atoms with Gasteiger partial charge in [0.25, 0.3) is 0 Å². The number of nitrogens with zero attached hydrogens (tertiary/aromatic N) is 2. The van der Waals surface area contributed by atoms with Crippen molar-refractivity contribution in [3.05, 3.63) is 59.7 Å². The Morgan fingerprint density at radius 1 is 0.650 bits per heavy atom. The Balaban J connectivity index is 1.99. The number of anilines is 2. The topological polar surface area (TPSA) is 6.48 Å². The summed E-state index contributed by atoms with van der Waals surface area (Å²) >= 11 is 0. The summed E-state index contributed by atoms with van der Waals surface area (Å²) in [6.45, 7) is 6.35. The first-order valence-corrected chi connectivity index (χ1v) is 7.13. The molecule has 0 aromatic heterocycles. The van der Waals surface area contributed by atoms with Crippen molar-refractivity contribution in [3.63, 3.8) is 0 Å². The predicted molar refractivity (Wildman–Crippen MR) is 88.9 cm³/mol. The normalized spacial score (nSPS) is 10.4. The highest BCUT2D eigenvalue weighted by Gasteiger charge is 2.07. The third kappa shape index (κ3) is 3.32. The second kappa shape index (κ2) is 6.47. The first-order chi connectivity index (χ1) is 9.59. The lowest BCUT2D eigenvalue weighted by atomic mass is 10.2. The van der Waals surface area contributed by atoms with Crippen LogP contribution >= 0.6 is 0 Å². The van der Waals surface area contributed by atoms with E-state index >= 15 is 0 Å². The van der Waals surface area contributed by atoms with Crippen LogP contribution in [0.3, 0.4) is 0 Å². The van der Waals surface area contributed by atoms with E-state index in [4.69, 9.17) is 0 Å². The maximum atomic E-state index is 2.32. The van der Waals surface area contributed by atoms with Gasteiger partial charge in [-0.2, -0.15) is 0 Å². The SMILES string of the molecule is Cc1ccccc1N(C)CCN(C)c1ccccc1C. The second-order valence-corrected chi connectivity index (χ2v) is 5.42. The average molecular weight is 268 g/mol. The lowest BCUT2D eigenvalue weighted by Gasteiger charge is -2.27. The van der Waals surface area contributed by atoms with Crippen LogP contribution in [0.5, 0.6) is 0 Å². The fraction of sp³-hybridized carbons (Fsp3) is 0.333. The van der Waals surface area contributed by atoms with E-state index in [9.17, 15) is 0 Å². The number of benzene rings is 2. The molecule has 0 heterocycles. The van der Waals surface area contributed by atoms with Gasteiger partial charge in [-0.15, -0.1) is 0 Å². The van der Waals surface area contributed by atoms with Gasteiger partial charge >= 0.3 is 0 Å². The molecule has 106 valence electrons. The van der Waals surface area contributed by atoms with Gasteiger partial charge in [0.05, 0.1) is 0 Å². The number of rotatable bonds is 5. The standard InChI is InChI=1S/C18H24N2/c1-15-9-5-7-11-17(15)19(3)13-14-20(4)18-12-8-6-10-16(18)2/h5-12H,13-14H2,1-4H3. The Labute approximate surface area is 122 Å². The molecule has 0 atom stereocenters. The van der Waals surface area contributed by atoms with E-state index in [0.29, 0.717) is 0 Å². The van der Waals surface area contributed by atoms with E-state index < -0.39 is 0 Å². The summed E-state index contributed by atoms with van der Waals surface area (Å²) in [4.78, 5) is 4.65. The molecule has 0 spiro atoms. The molecule has 2 rings (SSSR count). The largest absolute Gasteiger partial charge is 0.373 e. The van der Waals surface area contributed by atoms with Crippen molar-refractivity contribution < 1.29 is 0 Å². The molecule has 0 bridgehead atoms. The number of likely N-dealkylation sites (N-methyl/N-ethyl adjacent to an activating group) is 2. The third-order valence-corrected chi connectivity index (χ3v) is 3.82. The number of hydrogen-bond acceptors (Lipinski definition) is 2. The van der Waals surface area contributed by atoms with Gasteiger partial charge in [-0.3, -0.25) is 0 Å². The molecule has 0 aliphatic heterocycles. The zero-order valence-electron chi connectivity index (χ0n) is 12.9. The molecule has 0 saturated carbocycles. The van der Waals surface area contributed by atoms with E-state index in [1.54, 1.807) is 0 Å². The van der Waals surface area contributed by atoms with Crippen molar-refractivity contribution in [1.82, 2.24) is 0 Å². The van der Waals surface area contributed by atoms with E-state index in [1.807, 2.05) is 0 Å². The smallest absolute Gasteiger partial charge is 0.0393 e. The van der Waals surface area contributed by atoms with Crippen LogP contribution in [0.4, 0.5) is 11.4 Å². The minimum Gasteiger partial charge on any atom is -0.373 e. The molecule has 0 amide bonds. The van der Waals surface area contributed by atoms with Crippen molar-refractivity contribution in [2.24, 2.45) is 0 Å². The summed E-state index contributed by atoms with van der Waals surface area (Å²) in [6, 6.07) is 17.1. The van der Waals surface area contributed by atoms with E-state index in [2.05, 4.69) is 86.3 Å². The number of para-hydroxylation sites is 2. The fourth-order valence-electron chi connectivity index (χ4n) is 2.52. The second-order valence-electron chi connectivity index (χ2n) is 5.42. The van der Waals surface area contributed by atoms with Gasteiger partial charge in [-0.1, -0.05) is 36.4 Å². The van der Waals surface area contributed by atoms with Crippen molar-refractivity contribution in [2.45, 2.75) is 13.8 Å². The molecule has 0 saturated heterocycles. The molecule has 2 heteroatoms. The average Bonchev–Trinajstić information content (AvgIpc) is 2.45. The molecule has 2 aromatic carbocycles. The van der Waals surface area contributed by atoms with Crippen molar-refractivity contribution >= 4 is 11.4 Å². The predicted octanol–water partition coefficient (Wildman–Crippen LogP) is 3.88. The van der Waals surface area contributed by atoms with Gasteiger partial charge in [-0.05, 0) is 37.1 Å². The summed E-state index contributed by atoms with van der Waals surface area (Å²) in [5.74, 6) is 0. The minimum atomic E-state index is 1.01. The van der Waals surface area contributed by atoms with Crippen LogP contribution in [0.1, 0.15) is 11.1 Å². The van der Waals surface area contributed by atoms with Gasteiger partial charge < -0.3 is 9.80 Å². The zero-order valence-corrected chi connectivity index (χ0v) is 12.9. The quantitative estimate of drug-likeness (QED) is 0.812. The van der Waals surface area contributed by atoms with Crippen molar-refractivity contribution in [3.8, 4) is 0 Å². The van der Waals surface area contributed by atoms with E-state index in [1.165, 1.54) is 22.5 Å². The number of hydrogen-bond donors (Lipinski definition) is 0. The van der Waals surface area contributed by atoms with Crippen LogP contribution in [0, 0.1) is 13.8 Å². The molecular formula is C18H24N2. The Morgan fingerprint density at radius 2 is 1.00 bits per heavy atom. The molecular weight excluding hydrogens is 244 g/mol. The summed E-state index contributed by atoms with van der Waals surface area (Å²) in [5.41, 5.74) is 5.28. The highest BCUT2D eigenvalue weighted by atomic mass is 15.2. The van der Waals surface area contributed by atoms with Crippen molar-refractivity contribution in [1.29, 1.82) is 0 Å². The zero-order chi connectivity index (χ0) is 14.5. The van der Waals surface area contributed by atoms with Crippen molar-refractivity contribution in [2.75, 3.05) is 37.0 Å². The molecule has 0 aliphatic carbocycles. The molecule has 0 N–H and O–H groups in total. The van der Waals surface area contributed by atoms with Gasteiger partial charge in [0.15, 0.2) is 0 Å². The van der Waals surface area contributed by atoms with Gasteiger partial charge in [0.2, 0.25) is 0 Å². The summed E-state index contributed by atoms with van der Waals surface area (Å²) < 4.78 is 0. The molecule has 20 heavy (non-hydrogen) atoms. The molecule has 0 unspecified atom stereocenters. The third-order valence-electron chi connectivity index (χ3n) is 3.82. The maximum Gasteiger partial charge on any atom is 0.0393 e. The van der Waals surface area contributed by atoms with Gasteiger partial charge in [0.1, 0.15) is 0 Å². The molecule has 2 nitrogen and oxygen atoms in total. The lowest BCUT2D eigenvalue weighted by molar-refractivity contribution is 0.828. The van der Waals surface area contributed by atoms with Crippen LogP contribution in [-0.2, 0) is 0 Å². The molecule has 2 aromatic rings. The Kier molecular flexibility index (Phi) is 4.67. The highest BCUT2D eigenvalue weighted by Crippen LogP contribution is 2.20. The van der Waals surface area contributed by atoms with Crippen LogP contribution in [0.25, 0.3) is 0 Å². The van der Waals surface area contributed by atoms with Crippen LogP contribution in [-0.4, -0.2) is 27.2 Å². The van der Waals surface area contributed by atoms with E-state index in [-0.39, 0.29) is 0 Å².